The number of aliphatic carboxylic acids is 1. The van der Waals surface area contributed by atoms with Crippen LogP contribution in [-0.2, 0) is 24.4 Å². The molecule has 1 fully saturated rings. The summed E-state index contributed by atoms with van der Waals surface area (Å²) in [5.41, 5.74) is 5.59. The number of ketones is 1. The van der Waals surface area contributed by atoms with Crippen molar-refractivity contribution in [1.29, 1.82) is 5.41 Å². The van der Waals surface area contributed by atoms with Crippen LogP contribution in [0, 0.1) is 11.3 Å². The predicted octanol–water partition coefficient (Wildman–Crippen LogP) is 1.40. The van der Waals surface area contributed by atoms with Crippen LogP contribution in [0.1, 0.15) is 45.4 Å². The first-order valence-corrected chi connectivity index (χ1v) is 15.4. The molecule has 1 unspecified atom stereocenters. The zero-order valence-corrected chi connectivity index (χ0v) is 24.1. The molecule has 1 saturated heterocycles. The summed E-state index contributed by atoms with van der Waals surface area (Å²) in [5, 5.41) is 24.3. The van der Waals surface area contributed by atoms with E-state index >= 15 is 0 Å². The van der Waals surface area contributed by atoms with Crippen molar-refractivity contribution < 1.29 is 27.9 Å². The van der Waals surface area contributed by atoms with E-state index in [-0.39, 0.29) is 29.9 Å². The van der Waals surface area contributed by atoms with E-state index < -0.39 is 46.2 Å². The average molecular weight is 589 g/mol. The standard InChI is InChI=1S/C28H40N6O6S/c1-2-3-6-13-31-25(27(37)38)26(36)23(16-24(35)32-17-19-8-7-14-34(18-19)28(29)30)33-41(39,40)22-12-11-20-9-4-5-10-21(20)15-22/h4-5,9-12,15,19,23,25,31,33H,2-3,6-8,13-14,16-18H2,1H3,(H3,29,30)(H,32,35)(H,37,38)/t19-,23-,25?/m0/s1. The third-order valence-electron chi connectivity index (χ3n) is 7.17. The largest absolute Gasteiger partial charge is 0.480 e. The van der Waals surface area contributed by atoms with Crippen LogP contribution in [-0.4, -0.2) is 80.3 Å². The van der Waals surface area contributed by atoms with Crippen molar-refractivity contribution >= 4 is 44.4 Å². The van der Waals surface area contributed by atoms with Crippen LogP contribution >= 0.6 is 0 Å². The minimum atomic E-state index is -4.30. The van der Waals surface area contributed by atoms with Gasteiger partial charge in [-0.25, -0.2) is 13.1 Å². The van der Waals surface area contributed by atoms with Gasteiger partial charge in [0.05, 0.1) is 17.4 Å². The summed E-state index contributed by atoms with van der Waals surface area (Å²) in [5.74, 6) is -3.02. The van der Waals surface area contributed by atoms with Crippen molar-refractivity contribution in [1.82, 2.24) is 20.3 Å². The number of likely N-dealkylation sites (tertiary alicyclic amines) is 1. The Bertz CT molecular complexity index is 1350. The molecule has 1 heterocycles. The zero-order chi connectivity index (χ0) is 30.0. The number of guanidine groups is 1. The summed E-state index contributed by atoms with van der Waals surface area (Å²) in [6, 6.07) is 8.37. The number of carboxylic acids is 1. The SMILES string of the molecule is CCCCCNC(C(=O)O)C(=O)[C@H](CC(=O)NC[C@@H]1CCCN(C(=N)N)C1)NS(=O)(=O)c1ccc2ccccc2c1. The first-order valence-electron chi connectivity index (χ1n) is 13.9. The Morgan fingerprint density at radius 3 is 2.56 bits per heavy atom. The molecule has 13 heteroatoms. The van der Waals surface area contributed by atoms with Gasteiger partial charge in [-0.3, -0.25) is 25.1 Å². The second-order valence-corrected chi connectivity index (χ2v) is 12.1. The van der Waals surface area contributed by atoms with Gasteiger partial charge in [0.15, 0.2) is 17.8 Å². The number of nitrogens with two attached hydrogens (primary N) is 1. The van der Waals surface area contributed by atoms with Gasteiger partial charge < -0.3 is 21.1 Å². The number of hydrogen-bond donors (Lipinski definition) is 6. The molecule has 0 bridgehead atoms. The van der Waals surface area contributed by atoms with Gasteiger partial charge in [-0.1, -0.05) is 50.1 Å². The van der Waals surface area contributed by atoms with Gasteiger partial charge in [-0.05, 0) is 54.6 Å². The lowest BCUT2D eigenvalue weighted by molar-refractivity contribution is -0.144. The monoisotopic (exact) mass is 588 g/mol. The number of carbonyl (C=O) groups is 3. The smallest absolute Gasteiger partial charge is 0.328 e. The van der Waals surface area contributed by atoms with Crippen molar-refractivity contribution in [2.45, 2.75) is 62.4 Å². The molecule has 1 amide bonds. The highest BCUT2D eigenvalue weighted by molar-refractivity contribution is 7.89. The predicted molar refractivity (Wildman–Crippen MR) is 156 cm³/mol. The lowest BCUT2D eigenvalue weighted by Gasteiger charge is -2.33. The maximum absolute atomic E-state index is 13.4. The molecule has 0 aliphatic carbocycles. The van der Waals surface area contributed by atoms with Crippen LogP contribution < -0.4 is 21.1 Å². The number of rotatable bonds is 15. The molecule has 12 nitrogen and oxygen atoms in total. The second kappa shape index (κ2) is 14.9. The highest BCUT2D eigenvalue weighted by Gasteiger charge is 2.36. The Balaban J connectivity index is 1.78. The highest BCUT2D eigenvalue weighted by atomic mass is 32.2. The molecule has 3 rings (SSSR count). The molecule has 1 aliphatic heterocycles. The van der Waals surface area contributed by atoms with E-state index in [4.69, 9.17) is 11.1 Å². The normalized spacial score (nSPS) is 17.1. The number of Topliss-reactive ketones (excluding diaryl/α,β-unsaturated/α-hetero) is 1. The summed E-state index contributed by atoms with van der Waals surface area (Å²) in [6.45, 7) is 3.64. The number of piperidine rings is 1. The molecule has 2 aromatic rings. The molecule has 41 heavy (non-hydrogen) atoms. The molecule has 0 spiro atoms. The molecule has 3 atom stereocenters. The van der Waals surface area contributed by atoms with Gasteiger partial charge in [0.25, 0.3) is 0 Å². The molecule has 0 aromatic heterocycles. The molecular formula is C28H40N6O6S. The molecular weight excluding hydrogens is 548 g/mol. The highest BCUT2D eigenvalue weighted by Crippen LogP contribution is 2.20. The van der Waals surface area contributed by atoms with Crippen LogP contribution in [0.4, 0.5) is 0 Å². The number of hydrogen-bond acceptors (Lipinski definition) is 7. The summed E-state index contributed by atoms with van der Waals surface area (Å²) in [7, 11) is -4.30. The van der Waals surface area contributed by atoms with E-state index in [0.717, 1.165) is 31.1 Å². The number of fused-ring (bicyclic) bond motifs is 1. The van der Waals surface area contributed by atoms with Crippen LogP contribution in [0.3, 0.4) is 0 Å². The number of amides is 1. The van der Waals surface area contributed by atoms with E-state index in [0.29, 0.717) is 24.9 Å². The third kappa shape index (κ3) is 9.23. The van der Waals surface area contributed by atoms with E-state index in [1.165, 1.54) is 12.1 Å². The van der Waals surface area contributed by atoms with Crippen molar-refractivity contribution in [3.8, 4) is 0 Å². The van der Waals surface area contributed by atoms with Gasteiger partial charge in [0.1, 0.15) is 0 Å². The minimum absolute atomic E-state index is 0.0204. The van der Waals surface area contributed by atoms with Gasteiger partial charge in [0, 0.05) is 19.6 Å². The topological polar surface area (TPSA) is 195 Å². The Labute approximate surface area is 240 Å². The van der Waals surface area contributed by atoms with Crippen LogP contribution in [0.5, 0.6) is 0 Å². The van der Waals surface area contributed by atoms with Crippen molar-refractivity contribution in [3.05, 3.63) is 42.5 Å². The molecule has 2 aromatic carbocycles. The van der Waals surface area contributed by atoms with E-state index in [9.17, 15) is 27.9 Å². The van der Waals surface area contributed by atoms with Gasteiger partial charge >= 0.3 is 5.97 Å². The first kappa shape index (κ1) is 32.0. The van der Waals surface area contributed by atoms with Crippen molar-refractivity contribution in [2.75, 3.05) is 26.2 Å². The number of nitrogens with one attached hydrogen (secondary N) is 4. The molecule has 7 N–H and O–H groups in total. The number of benzene rings is 2. The molecule has 0 radical (unpaired) electrons. The number of sulfonamides is 1. The van der Waals surface area contributed by atoms with Gasteiger partial charge in [-0.15, -0.1) is 0 Å². The minimum Gasteiger partial charge on any atom is -0.480 e. The Hall–Kier alpha value is -3.55. The number of nitrogens with zero attached hydrogens (tertiary/aromatic N) is 1. The molecule has 0 saturated carbocycles. The first-order chi connectivity index (χ1) is 19.5. The fourth-order valence-corrected chi connectivity index (χ4v) is 6.13. The van der Waals surface area contributed by atoms with E-state index in [2.05, 4.69) is 15.4 Å². The van der Waals surface area contributed by atoms with Crippen LogP contribution in [0.2, 0.25) is 0 Å². The fourth-order valence-electron chi connectivity index (χ4n) is 4.89. The molecule has 224 valence electrons. The molecule has 1 aliphatic rings. The van der Waals surface area contributed by atoms with Gasteiger partial charge in [-0.2, -0.15) is 0 Å². The van der Waals surface area contributed by atoms with E-state index in [1.54, 1.807) is 23.1 Å². The third-order valence-corrected chi connectivity index (χ3v) is 8.64. The number of carboxylic acid groups (broad SMARTS) is 1. The van der Waals surface area contributed by atoms with E-state index in [1.807, 2.05) is 19.1 Å². The second-order valence-electron chi connectivity index (χ2n) is 10.4. The van der Waals surface area contributed by atoms with Gasteiger partial charge in [0.2, 0.25) is 15.9 Å². The summed E-state index contributed by atoms with van der Waals surface area (Å²) in [6.07, 6.45) is 3.40. The van der Waals surface area contributed by atoms with Crippen molar-refractivity contribution in [2.24, 2.45) is 11.7 Å². The Morgan fingerprint density at radius 1 is 1.15 bits per heavy atom. The average Bonchev–Trinajstić information content (AvgIpc) is 2.95. The van der Waals surface area contributed by atoms with Crippen LogP contribution in [0.25, 0.3) is 10.8 Å². The summed E-state index contributed by atoms with van der Waals surface area (Å²) < 4.78 is 29.0. The maximum Gasteiger partial charge on any atom is 0.328 e. The summed E-state index contributed by atoms with van der Waals surface area (Å²) >= 11 is 0. The fraction of sp³-hybridized carbons (Fsp3) is 0.500. The number of carbonyl (C=O) groups excluding carboxylic acids is 2. The van der Waals surface area contributed by atoms with Crippen molar-refractivity contribution in [3.63, 3.8) is 0 Å². The van der Waals surface area contributed by atoms with Crippen LogP contribution in [0.15, 0.2) is 47.4 Å². The Kier molecular flexibility index (Phi) is 11.6. The maximum atomic E-state index is 13.4. The Morgan fingerprint density at radius 2 is 1.88 bits per heavy atom. The quantitative estimate of drug-likeness (QED) is 0.0771. The zero-order valence-electron chi connectivity index (χ0n) is 23.3. The lowest BCUT2D eigenvalue weighted by atomic mass is 9.98. The lowest BCUT2D eigenvalue weighted by Crippen LogP contribution is -2.54. The summed E-state index contributed by atoms with van der Waals surface area (Å²) in [4.78, 5) is 40.0. The number of unbranched alkanes of at least 4 members (excludes halogenated alkanes) is 2.